The van der Waals surface area contributed by atoms with Crippen molar-refractivity contribution in [2.45, 2.75) is 50.8 Å². The van der Waals surface area contributed by atoms with Crippen LogP contribution in [-0.4, -0.2) is 62.3 Å². The van der Waals surface area contributed by atoms with Crippen LogP contribution in [0.1, 0.15) is 32.6 Å². The van der Waals surface area contributed by atoms with Crippen LogP contribution in [0.15, 0.2) is 0 Å². The molecule has 0 aromatic rings. The van der Waals surface area contributed by atoms with E-state index >= 15 is 0 Å². The largest absolute Gasteiger partial charge is 0.380 e. The normalized spacial score (nSPS) is 29.6. The van der Waals surface area contributed by atoms with E-state index in [0.717, 1.165) is 38.9 Å². The van der Waals surface area contributed by atoms with Gasteiger partial charge >= 0.3 is 0 Å². The van der Waals surface area contributed by atoms with Gasteiger partial charge in [-0.15, -0.1) is 0 Å². The van der Waals surface area contributed by atoms with Crippen LogP contribution in [0.25, 0.3) is 0 Å². The first-order valence-corrected chi connectivity index (χ1v) is 7.51. The van der Waals surface area contributed by atoms with Gasteiger partial charge < -0.3 is 20.3 Å². The van der Waals surface area contributed by atoms with Gasteiger partial charge in [-0.05, 0) is 32.2 Å². The minimum atomic E-state index is -0.0707. The molecule has 0 radical (unpaired) electrons. The Morgan fingerprint density at radius 1 is 1.42 bits per heavy atom. The molecule has 1 amide bonds. The highest BCUT2D eigenvalue weighted by Crippen LogP contribution is 2.13. The van der Waals surface area contributed by atoms with Gasteiger partial charge in [0.15, 0.2) is 0 Å². The number of likely N-dealkylation sites (tertiary alicyclic amines) is 1. The Morgan fingerprint density at radius 2 is 2.16 bits per heavy atom. The van der Waals surface area contributed by atoms with Crippen molar-refractivity contribution in [3.8, 4) is 0 Å². The van der Waals surface area contributed by atoms with E-state index in [1.807, 2.05) is 0 Å². The molecule has 2 N–H and O–H groups in total. The highest BCUT2D eigenvalue weighted by Gasteiger charge is 2.31. The quantitative estimate of drug-likeness (QED) is 0.756. The molecule has 0 aromatic heterocycles. The molecule has 0 saturated carbocycles. The molecule has 0 bridgehead atoms. The molecule has 2 aliphatic rings. The molecule has 2 saturated heterocycles. The van der Waals surface area contributed by atoms with E-state index < -0.39 is 0 Å². The number of rotatable bonds is 5. The number of hydrogen-bond donors (Lipinski definition) is 2. The summed E-state index contributed by atoms with van der Waals surface area (Å²) in [6, 6.07) is 0.280. The Kier molecular flexibility index (Phi) is 5.60. The topological polar surface area (TPSA) is 53.6 Å². The predicted octanol–water partition coefficient (Wildman–Crippen LogP) is 0.354. The molecule has 2 rings (SSSR count). The van der Waals surface area contributed by atoms with Gasteiger partial charge in [-0.25, -0.2) is 0 Å². The Balaban J connectivity index is 1.69. The predicted molar refractivity (Wildman–Crippen MR) is 75.1 cm³/mol. The summed E-state index contributed by atoms with van der Waals surface area (Å²) in [6.45, 7) is 6.39. The van der Waals surface area contributed by atoms with Crippen molar-refractivity contribution in [3.05, 3.63) is 0 Å². The Labute approximate surface area is 116 Å². The Bertz CT molecular complexity index is 290. The molecular weight excluding hydrogens is 242 g/mol. The van der Waals surface area contributed by atoms with Gasteiger partial charge in [0.2, 0.25) is 5.91 Å². The fourth-order valence-electron chi connectivity index (χ4n) is 3.00. The number of carbonyl (C=O) groups excluding carboxylic acids is 1. The summed E-state index contributed by atoms with van der Waals surface area (Å²) in [4.78, 5) is 14.6. The van der Waals surface area contributed by atoms with Crippen LogP contribution in [0.4, 0.5) is 0 Å². The number of nitrogens with one attached hydrogen (secondary N) is 2. The van der Waals surface area contributed by atoms with Crippen molar-refractivity contribution in [2.24, 2.45) is 0 Å². The van der Waals surface area contributed by atoms with Gasteiger partial charge in [0.1, 0.15) is 0 Å². The fourth-order valence-corrected chi connectivity index (χ4v) is 3.00. The van der Waals surface area contributed by atoms with Gasteiger partial charge in [0, 0.05) is 32.8 Å². The summed E-state index contributed by atoms with van der Waals surface area (Å²) in [5, 5.41) is 6.41. The van der Waals surface area contributed by atoms with Crippen molar-refractivity contribution < 1.29 is 9.53 Å². The number of nitrogens with zero attached hydrogens (tertiary/aromatic N) is 1. The molecule has 5 heteroatoms. The molecule has 0 aliphatic carbocycles. The maximum atomic E-state index is 12.1. The lowest BCUT2D eigenvalue weighted by atomic mass is 10.0. The van der Waals surface area contributed by atoms with Gasteiger partial charge in [-0.3, -0.25) is 4.79 Å². The van der Waals surface area contributed by atoms with Crippen LogP contribution in [0, 0.1) is 0 Å². The molecule has 2 unspecified atom stereocenters. The number of amides is 1. The molecule has 19 heavy (non-hydrogen) atoms. The first kappa shape index (κ1) is 14.8. The third-order valence-corrected chi connectivity index (χ3v) is 4.21. The molecule has 2 atom stereocenters. The SMILES string of the molecule is CCCN1CCC(NC(=O)C2CC(OC)CN2)CC1. The highest BCUT2D eigenvalue weighted by atomic mass is 16.5. The molecule has 2 aliphatic heterocycles. The number of methoxy groups -OCH3 is 1. The number of carbonyl (C=O) groups is 1. The number of piperidine rings is 1. The second kappa shape index (κ2) is 7.22. The summed E-state index contributed by atoms with van der Waals surface area (Å²) < 4.78 is 5.27. The van der Waals surface area contributed by atoms with E-state index in [2.05, 4.69) is 22.5 Å². The van der Waals surface area contributed by atoms with Crippen LogP contribution >= 0.6 is 0 Å². The zero-order valence-corrected chi connectivity index (χ0v) is 12.2. The van der Waals surface area contributed by atoms with Crippen LogP contribution in [0.5, 0.6) is 0 Å². The third kappa shape index (κ3) is 4.16. The smallest absolute Gasteiger partial charge is 0.237 e. The van der Waals surface area contributed by atoms with E-state index in [4.69, 9.17) is 4.74 Å². The molecule has 0 spiro atoms. The van der Waals surface area contributed by atoms with E-state index in [-0.39, 0.29) is 18.1 Å². The first-order chi connectivity index (χ1) is 9.22. The molecule has 2 heterocycles. The van der Waals surface area contributed by atoms with Crippen LogP contribution in [0.3, 0.4) is 0 Å². The summed E-state index contributed by atoms with van der Waals surface area (Å²) in [5.74, 6) is 0.147. The molecule has 110 valence electrons. The van der Waals surface area contributed by atoms with Crippen molar-refractivity contribution >= 4 is 5.91 Å². The second-order valence-electron chi connectivity index (χ2n) is 5.68. The van der Waals surface area contributed by atoms with E-state index in [9.17, 15) is 4.79 Å². The molecule has 2 fully saturated rings. The van der Waals surface area contributed by atoms with Crippen molar-refractivity contribution in [3.63, 3.8) is 0 Å². The lowest BCUT2D eigenvalue weighted by Crippen LogP contribution is -2.49. The summed E-state index contributed by atoms with van der Waals surface area (Å²) >= 11 is 0. The lowest BCUT2D eigenvalue weighted by molar-refractivity contribution is -0.124. The maximum absolute atomic E-state index is 12.1. The maximum Gasteiger partial charge on any atom is 0.237 e. The molecular formula is C14H27N3O2. The average molecular weight is 269 g/mol. The van der Waals surface area contributed by atoms with Crippen LogP contribution < -0.4 is 10.6 Å². The highest BCUT2D eigenvalue weighted by molar-refractivity contribution is 5.82. The number of hydrogen-bond acceptors (Lipinski definition) is 4. The standard InChI is InChI=1S/C14H27N3O2/c1-3-6-17-7-4-11(5-8-17)16-14(18)13-9-12(19-2)10-15-13/h11-13,15H,3-10H2,1-2H3,(H,16,18). The van der Waals surface area contributed by atoms with Crippen molar-refractivity contribution in [1.29, 1.82) is 0 Å². The molecule has 5 nitrogen and oxygen atoms in total. The minimum absolute atomic E-state index is 0.0707. The lowest BCUT2D eigenvalue weighted by Gasteiger charge is -2.32. The van der Waals surface area contributed by atoms with E-state index in [0.29, 0.717) is 6.04 Å². The monoisotopic (exact) mass is 269 g/mol. The third-order valence-electron chi connectivity index (χ3n) is 4.21. The minimum Gasteiger partial charge on any atom is -0.380 e. The van der Waals surface area contributed by atoms with Crippen LogP contribution in [0.2, 0.25) is 0 Å². The van der Waals surface area contributed by atoms with E-state index in [1.165, 1.54) is 13.0 Å². The average Bonchev–Trinajstić information content (AvgIpc) is 2.90. The van der Waals surface area contributed by atoms with Gasteiger partial charge in [-0.1, -0.05) is 6.92 Å². The van der Waals surface area contributed by atoms with E-state index in [1.54, 1.807) is 7.11 Å². The second-order valence-corrected chi connectivity index (χ2v) is 5.68. The van der Waals surface area contributed by atoms with Gasteiger partial charge in [0.05, 0.1) is 12.1 Å². The zero-order valence-electron chi connectivity index (χ0n) is 12.2. The number of ether oxygens (including phenoxy) is 1. The van der Waals surface area contributed by atoms with Crippen LogP contribution in [-0.2, 0) is 9.53 Å². The van der Waals surface area contributed by atoms with Gasteiger partial charge in [-0.2, -0.15) is 0 Å². The van der Waals surface area contributed by atoms with Crippen molar-refractivity contribution in [1.82, 2.24) is 15.5 Å². The first-order valence-electron chi connectivity index (χ1n) is 7.51. The molecule has 0 aromatic carbocycles. The summed E-state index contributed by atoms with van der Waals surface area (Å²) in [7, 11) is 1.70. The zero-order chi connectivity index (χ0) is 13.7. The summed E-state index contributed by atoms with van der Waals surface area (Å²) in [5.41, 5.74) is 0. The Hall–Kier alpha value is -0.650. The fraction of sp³-hybridized carbons (Fsp3) is 0.929. The summed E-state index contributed by atoms with van der Waals surface area (Å²) in [6.07, 6.45) is 4.33. The van der Waals surface area contributed by atoms with Gasteiger partial charge in [0.25, 0.3) is 0 Å². The van der Waals surface area contributed by atoms with Crippen molar-refractivity contribution in [2.75, 3.05) is 33.3 Å². The Morgan fingerprint density at radius 3 is 2.74 bits per heavy atom.